The molecule has 3 rings (SSSR count). The van der Waals surface area contributed by atoms with Crippen molar-refractivity contribution < 1.29 is 4.42 Å². The molecule has 19 heavy (non-hydrogen) atoms. The smallest absolute Gasteiger partial charge is 0.118 e. The van der Waals surface area contributed by atoms with Gasteiger partial charge in [0.15, 0.2) is 0 Å². The molecule has 2 heterocycles. The first kappa shape index (κ1) is 13.2. The van der Waals surface area contributed by atoms with Gasteiger partial charge in [0.2, 0.25) is 0 Å². The predicted molar refractivity (Wildman–Crippen MR) is 76.9 cm³/mol. The van der Waals surface area contributed by atoms with E-state index >= 15 is 0 Å². The van der Waals surface area contributed by atoms with Crippen LogP contribution in [0, 0.1) is 5.92 Å². The van der Waals surface area contributed by atoms with E-state index in [0.29, 0.717) is 0 Å². The Morgan fingerprint density at radius 1 is 1.16 bits per heavy atom. The van der Waals surface area contributed by atoms with E-state index in [1.165, 1.54) is 45.1 Å². The molecule has 0 radical (unpaired) electrons. The van der Waals surface area contributed by atoms with Crippen molar-refractivity contribution in [3.63, 3.8) is 0 Å². The van der Waals surface area contributed by atoms with Gasteiger partial charge >= 0.3 is 0 Å². The van der Waals surface area contributed by atoms with Crippen LogP contribution in [0.1, 0.15) is 50.0 Å². The molecular weight excluding hydrogens is 236 g/mol. The van der Waals surface area contributed by atoms with Gasteiger partial charge < -0.3 is 9.73 Å². The van der Waals surface area contributed by atoms with E-state index in [2.05, 4.69) is 22.3 Å². The maximum atomic E-state index is 5.90. The van der Waals surface area contributed by atoms with Gasteiger partial charge in [0.05, 0.1) is 13.1 Å². The van der Waals surface area contributed by atoms with Crippen molar-refractivity contribution in [2.24, 2.45) is 5.92 Å². The predicted octanol–water partition coefficient (Wildman–Crippen LogP) is 3.15. The average molecular weight is 262 g/mol. The van der Waals surface area contributed by atoms with Crippen molar-refractivity contribution in [2.45, 2.75) is 57.7 Å². The number of furan rings is 1. The Morgan fingerprint density at radius 2 is 1.95 bits per heavy atom. The van der Waals surface area contributed by atoms with Gasteiger partial charge in [0.25, 0.3) is 0 Å². The molecular formula is C16H26N2O. The number of nitrogens with one attached hydrogen (secondary N) is 1. The van der Waals surface area contributed by atoms with E-state index in [1.807, 2.05) is 7.05 Å². The third-order valence-electron chi connectivity index (χ3n) is 4.79. The minimum absolute atomic E-state index is 0.820. The highest BCUT2D eigenvalue weighted by Gasteiger charge is 2.33. The number of piperidine rings is 1. The number of rotatable bonds is 4. The van der Waals surface area contributed by atoms with Gasteiger partial charge in [-0.1, -0.05) is 12.8 Å². The highest BCUT2D eigenvalue weighted by Crippen LogP contribution is 2.35. The summed E-state index contributed by atoms with van der Waals surface area (Å²) >= 11 is 0. The maximum Gasteiger partial charge on any atom is 0.118 e. The average Bonchev–Trinajstić information content (AvgIpc) is 2.87. The van der Waals surface area contributed by atoms with Crippen LogP contribution in [0.15, 0.2) is 16.5 Å². The molecule has 2 atom stereocenters. The highest BCUT2D eigenvalue weighted by molar-refractivity contribution is 5.07. The van der Waals surface area contributed by atoms with E-state index in [0.717, 1.165) is 36.6 Å². The molecule has 1 saturated heterocycles. The number of hydrogen-bond donors (Lipinski definition) is 1. The molecule has 1 aliphatic heterocycles. The number of hydrogen-bond acceptors (Lipinski definition) is 3. The molecule has 0 bridgehead atoms. The SMILES string of the molecule is CNCc1ccc(CN2CCC[C@H]3CCCC[C@H]32)o1. The third kappa shape index (κ3) is 3.03. The Kier molecular flexibility index (Phi) is 4.24. The van der Waals surface area contributed by atoms with Crippen LogP contribution >= 0.6 is 0 Å². The largest absolute Gasteiger partial charge is 0.463 e. The topological polar surface area (TPSA) is 28.4 Å². The van der Waals surface area contributed by atoms with Crippen LogP contribution < -0.4 is 5.32 Å². The summed E-state index contributed by atoms with van der Waals surface area (Å²) in [4.78, 5) is 2.68. The summed E-state index contributed by atoms with van der Waals surface area (Å²) < 4.78 is 5.90. The van der Waals surface area contributed by atoms with E-state index in [4.69, 9.17) is 4.42 Å². The monoisotopic (exact) mass is 262 g/mol. The van der Waals surface area contributed by atoms with E-state index < -0.39 is 0 Å². The highest BCUT2D eigenvalue weighted by atomic mass is 16.3. The molecule has 2 fully saturated rings. The fourth-order valence-corrected chi connectivity index (χ4v) is 3.90. The minimum Gasteiger partial charge on any atom is -0.463 e. The van der Waals surface area contributed by atoms with Crippen LogP contribution in [0.3, 0.4) is 0 Å². The molecule has 3 nitrogen and oxygen atoms in total. The van der Waals surface area contributed by atoms with Crippen molar-refractivity contribution in [3.05, 3.63) is 23.7 Å². The maximum absolute atomic E-state index is 5.90. The summed E-state index contributed by atoms with van der Waals surface area (Å²) in [6.07, 6.45) is 8.53. The standard InChI is InChI=1S/C16H26N2O/c1-17-11-14-8-9-15(19-14)12-18-10-4-6-13-5-2-3-7-16(13)18/h8-9,13,16-17H,2-7,10-12H2,1H3/t13-,16-/m1/s1. The second-order valence-electron chi connectivity index (χ2n) is 6.12. The quantitative estimate of drug-likeness (QED) is 0.903. The molecule has 1 aliphatic carbocycles. The zero-order valence-electron chi connectivity index (χ0n) is 12.0. The van der Waals surface area contributed by atoms with Crippen molar-refractivity contribution in [1.82, 2.24) is 10.2 Å². The first-order valence-electron chi connectivity index (χ1n) is 7.83. The fourth-order valence-electron chi connectivity index (χ4n) is 3.90. The molecule has 0 aromatic carbocycles. The molecule has 0 spiro atoms. The minimum atomic E-state index is 0.820. The summed E-state index contributed by atoms with van der Waals surface area (Å²) in [5, 5.41) is 3.14. The molecule has 1 N–H and O–H groups in total. The molecule has 1 aromatic heterocycles. The van der Waals surface area contributed by atoms with Gasteiger partial charge in [-0.3, -0.25) is 4.90 Å². The summed E-state index contributed by atoms with van der Waals surface area (Å²) in [6.45, 7) is 3.08. The van der Waals surface area contributed by atoms with Gasteiger partial charge in [-0.15, -0.1) is 0 Å². The fraction of sp³-hybridized carbons (Fsp3) is 0.750. The first-order chi connectivity index (χ1) is 9.36. The summed E-state index contributed by atoms with van der Waals surface area (Å²) in [5.41, 5.74) is 0. The zero-order valence-corrected chi connectivity index (χ0v) is 12.0. The van der Waals surface area contributed by atoms with Crippen LogP contribution in [-0.4, -0.2) is 24.5 Å². The Hall–Kier alpha value is -0.800. The van der Waals surface area contributed by atoms with Crippen LogP contribution in [0.4, 0.5) is 0 Å². The van der Waals surface area contributed by atoms with Crippen molar-refractivity contribution in [3.8, 4) is 0 Å². The van der Waals surface area contributed by atoms with E-state index in [9.17, 15) is 0 Å². The third-order valence-corrected chi connectivity index (χ3v) is 4.79. The molecule has 0 amide bonds. The van der Waals surface area contributed by atoms with Crippen LogP contribution in [0.5, 0.6) is 0 Å². The lowest BCUT2D eigenvalue weighted by atomic mass is 9.78. The van der Waals surface area contributed by atoms with Crippen LogP contribution in [-0.2, 0) is 13.1 Å². The lowest BCUT2D eigenvalue weighted by Gasteiger charge is -2.43. The van der Waals surface area contributed by atoms with Gasteiger partial charge in [0, 0.05) is 6.04 Å². The Labute approximate surface area is 116 Å². The second-order valence-corrected chi connectivity index (χ2v) is 6.12. The van der Waals surface area contributed by atoms with Crippen LogP contribution in [0.2, 0.25) is 0 Å². The van der Waals surface area contributed by atoms with Crippen molar-refractivity contribution in [2.75, 3.05) is 13.6 Å². The summed E-state index contributed by atoms with van der Waals surface area (Å²) in [5.74, 6) is 3.14. The molecule has 1 saturated carbocycles. The lowest BCUT2D eigenvalue weighted by Crippen LogP contribution is -2.46. The molecule has 3 heteroatoms. The Bertz CT molecular complexity index is 399. The van der Waals surface area contributed by atoms with Crippen LogP contribution in [0.25, 0.3) is 0 Å². The Morgan fingerprint density at radius 3 is 2.84 bits per heavy atom. The number of fused-ring (bicyclic) bond motifs is 1. The zero-order chi connectivity index (χ0) is 13.1. The summed E-state index contributed by atoms with van der Waals surface area (Å²) in [7, 11) is 1.96. The molecule has 106 valence electrons. The van der Waals surface area contributed by atoms with Crippen molar-refractivity contribution in [1.29, 1.82) is 0 Å². The summed E-state index contributed by atoms with van der Waals surface area (Å²) in [6, 6.07) is 5.08. The van der Waals surface area contributed by atoms with Gasteiger partial charge in [-0.2, -0.15) is 0 Å². The first-order valence-corrected chi connectivity index (χ1v) is 7.83. The van der Waals surface area contributed by atoms with Gasteiger partial charge in [0.1, 0.15) is 11.5 Å². The van der Waals surface area contributed by atoms with Crippen molar-refractivity contribution >= 4 is 0 Å². The van der Waals surface area contributed by atoms with E-state index in [-0.39, 0.29) is 0 Å². The number of likely N-dealkylation sites (tertiary alicyclic amines) is 1. The van der Waals surface area contributed by atoms with Gasteiger partial charge in [-0.05, 0) is 57.3 Å². The number of nitrogens with zero attached hydrogens (tertiary/aromatic N) is 1. The normalized spacial score (nSPS) is 28.3. The van der Waals surface area contributed by atoms with E-state index in [1.54, 1.807) is 0 Å². The van der Waals surface area contributed by atoms with Gasteiger partial charge in [-0.25, -0.2) is 0 Å². The Balaban J connectivity index is 1.63. The second kappa shape index (κ2) is 6.10. The molecule has 2 aliphatic rings. The molecule has 0 unspecified atom stereocenters. The lowest BCUT2D eigenvalue weighted by molar-refractivity contribution is 0.0492. The molecule has 1 aromatic rings.